The first-order valence-electron chi connectivity index (χ1n) is 5.76. The van der Waals surface area contributed by atoms with Crippen LogP contribution in [-0.2, 0) is 9.53 Å². The first-order chi connectivity index (χ1) is 8.76. The average Bonchev–Trinajstić information content (AvgIpc) is 2.25. The van der Waals surface area contributed by atoms with E-state index in [2.05, 4.69) is 20.7 Å². The summed E-state index contributed by atoms with van der Waals surface area (Å²) in [5.41, 5.74) is 2.78. The number of anilines is 1. The molecule has 19 heavy (non-hydrogen) atoms. The summed E-state index contributed by atoms with van der Waals surface area (Å²) in [5.74, 6) is 0.130. The van der Waals surface area contributed by atoms with Gasteiger partial charge in [-0.05, 0) is 39.8 Å². The standard InChI is InChI=1S/C12H17ClN4O2/c1-8(7-11(18)19-12(2,3)4)14-16-10-6-5-9(13)15-17-10/h5-6H,7H2,1-4H3,(H,16,17)/b14-8+. The van der Waals surface area contributed by atoms with Gasteiger partial charge in [-0.3, -0.25) is 10.2 Å². The normalized spacial score (nSPS) is 12.2. The second-order valence-electron chi connectivity index (χ2n) is 4.96. The third kappa shape index (κ3) is 6.71. The van der Waals surface area contributed by atoms with Gasteiger partial charge in [-0.15, -0.1) is 10.2 Å². The molecule has 1 aromatic rings. The molecule has 0 aliphatic rings. The van der Waals surface area contributed by atoms with E-state index in [0.29, 0.717) is 16.7 Å². The molecule has 0 fully saturated rings. The topological polar surface area (TPSA) is 76.5 Å². The number of halogens is 1. The SMILES string of the molecule is C/C(CC(=O)OC(C)(C)C)=N\Nc1ccc(Cl)nn1. The molecule has 1 rings (SSSR count). The fourth-order valence-corrected chi connectivity index (χ4v) is 1.26. The Hall–Kier alpha value is -1.69. The Labute approximate surface area is 117 Å². The largest absolute Gasteiger partial charge is 0.460 e. The number of rotatable bonds is 4. The molecule has 0 unspecified atom stereocenters. The molecule has 1 N–H and O–H groups in total. The minimum absolute atomic E-state index is 0.116. The van der Waals surface area contributed by atoms with E-state index in [1.165, 1.54) is 0 Å². The Morgan fingerprint density at radius 2 is 2.11 bits per heavy atom. The van der Waals surface area contributed by atoms with E-state index in [4.69, 9.17) is 16.3 Å². The summed E-state index contributed by atoms with van der Waals surface area (Å²) in [5, 5.41) is 11.8. The molecule has 1 heterocycles. The number of hydrogen-bond acceptors (Lipinski definition) is 6. The molecule has 0 amide bonds. The molecule has 6 nitrogen and oxygen atoms in total. The Kier molecular flexibility index (Phi) is 5.23. The van der Waals surface area contributed by atoms with Gasteiger partial charge < -0.3 is 4.74 Å². The summed E-state index contributed by atoms with van der Waals surface area (Å²) < 4.78 is 5.18. The van der Waals surface area contributed by atoms with E-state index >= 15 is 0 Å². The van der Waals surface area contributed by atoms with Crippen LogP contribution in [0.3, 0.4) is 0 Å². The molecular formula is C12H17ClN4O2. The van der Waals surface area contributed by atoms with Crippen molar-refractivity contribution in [2.45, 2.75) is 39.7 Å². The van der Waals surface area contributed by atoms with Gasteiger partial charge in [0.05, 0.1) is 6.42 Å². The first kappa shape index (κ1) is 15.4. The number of carbonyl (C=O) groups excluding carboxylic acids is 1. The van der Waals surface area contributed by atoms with Gasteiger partial charge in [0.15, 0.2) is 11.0 Å². The Bertz CT molecular complexity index is 466. The van der Waals surface area contributed by atoms with Crippen molar-refractivity contribution in [3.8, 4) is 0 Å². The van der Waals surface area contributed by atoms with E-state index in [1.54, 1.807) is 19.1 Å². The zero-order valence-electron chi connectivity index (χ0n) is 11.4. The van der Waals surface area contributed by atoms with Crippen LogP contribution in [0.5, 0.6) is 0 Å². The van der Waals surface area contributed by atoms with E-state index in [1.807, 2.05) is 20.8 Å². The molecule has 0 aliphatic carbocycles. The number of nitrogens with one attached hydrogen (secondary N) is 1. The number of ether oxygens (including phenoxy) is 1. The van der Waals surface area contributed by atoms with Gasteiger partial charge in [0.2, 0.25) is 0 Å². The monoisotopic (exact) mass is 284 g/mol. The van der Waals surface area contributed by atoms with Crippen molar-refractivity contribution in [2.75, 3.05) is 5.43 Å². The van der Waals surface area contributed by atoms with Gasteiger partial charge in [-0.2, -0.15) is 5.10 Å². The summed E-state index contributed by atoms with van der Waals surface area (Å²) in [7, 11) is 0. The smallest absolute Gasteiger partial charge is 0.312 e. The van der Waals surface area contributed by atoms with Crippen molar-refractivity contribution in [1.82, 2.24) is 10.2 Å². The van der Waals surface area contributed by atoms with Gasteiger partial charge >= 0.3 is 5.97 Å². The Morgan fingerprint density at radius 3 is 2.63 bits per heavy atom. The molecule has 1 aromatic heterocycles. The van der Waals surface area contributed by atoms with Crippen molar-refractivity contribution < 1.29 is 9.53 Å². The molecule has 0 saturated heterocycles. The maximum absolute atomic E-state index is 11.5. The van der Waals surface area contributed by atoms with Gasteiger partial charge in [0, 0.05) is 5.71 Å². The molecule has 0 atom stereocenters. The lowest BCUT2D eigenvalue weighted by Crippen LogP contribution is -2.25. The highest BCUT2D eigenvalue weighted by Gasteiger charge is 2.16. The molecule has 0 aliphatic heterocycles. The molecule has 0 radical (unpaired) electrons. The Balaban J connectivity index is 2.49. The fourth-order valence-electron chi connectivity index (χ4n) is 1.15. The number of carbonyl (C=O) groups is 1. The zero-order chi connectivity index (χ0) is 14.5. The van der Waals surface area contributed by atoms with Gasteiger partial charge in [0.1, 0.15) is 5.60 Å². The highest BCUT2D eigenvalue weighted by Crippen LogP contribution is 2.09. The maximum Gasteiger partial charge on any atom is 0.312 e. The highest BCUT2D eigenvalue weighted by molar-refractivity contribution is 6.29. The average molecular weight is 285 g/mol. The van der Waals surface area contributed by atoms with Crippen LogP contribution in [0.1, 0.15) is 34.1 Å². The molecule has 104 valence electrons. The number of hydrogen-bond donors (Lipinski definition) is 1. The fraction of sp³-hybridized carbons (Fsp3) is 0.500. The second-order valence-corrected chi connectivity index (χ2v) is 5.35. The van der Waals surface area contributed by atoms with E-state index in [0.717, 1.165) is 0 Å². The van der Waals surface area contributed by atoms with Gasteiger partial charge in [0.25, 0.3) is 0 Å². The molecular weight excluding hydrogens is 268 g/mol. The zero-order valence-corrected chi connectivity index (χ0v) is 12.2. The van der Waals surface area contributed by atoms with Crippen LogP contribution >= 0.6 is 11.6 Å². The van der Waals surface area contributed by atoms with Crippen LogP contribution < -0.4 is 5.43 Å². The first-order valence-corrected chi connectivity index (χ1v) is 6.14. The minimum atomic E-state index is -0.494. The summed E-state index contributed by atoms with van der Waals surface area (Å²) >= 11 is 5.61. The molecule has 7 heteroatoms. The summed E-state index contributed by atoms with van der Waals surface area (Å²) in [6, 6.07) is 3.23. The number of hydrazone groups is 1. The summed E-state index contributed by atoms with van der Waals surface area (Å²) in [6.07, 6.45) is 0.116. The van der Waals surface area contributed by atoms with Crippen LogP contribution in [0.2, 0.25) is 5.15 Å². The third-order valence-corrected chi connectivity index (χ3v) is 2.02. The highest BCUT2D eigenvalue weighted by atomic mass is 35.5. The third-order valence-electron chi connectivity index (χ3n) is 1.81. The number of nitrogens with zero attached hydrogens (tertiary/aromatic N) is 3. The lowest BCUT2D eigenvalue weighted by molar-refractivity contribution is -0.153. The van der Waals surface area contributed by atoms with Crippen LogP contribution in [0.4, 0.5) is 5.82 Å². The minimum Gasteiger partial charge on any atom is -0.460 e. The number of aromatic nitrogens is 2. The molecule has 0 bridgehead atoms. The van der Waals surface area contributed by atoms with Crippen molar-refractivity contribution in [1.29, 1.82) is 0 Å². The lowest BCUT2D eigenvalue weighted by atomic mass is 10.2. The van der Waals surface area contributed by atoms with Gasteiger partial charge in [-0.25, -0.2) is 0 Å². The summed E-state index contributed by atoms with van der Waals surface area (Å²) in [6.45, 7) is 7.18. The van der Waals surface area contributed by atoms with E-state index in [-0.39, 0.29) is 12.4 Å². The van der Waals surface area contributed by atoms with Crippen LogP contribution in [0, 0.1) is 0 Å². The molecule has 0 saturated carbocycles. The van der Waals surface area contributed by atoms with Crippen molar-refractivity contribution in [3.63, 3.8) is 0 Å². The quantitative estimate of drug-likeness (QED) is 0.522. The van der Waals surface area contributed by atoms with E-state index < -0.39 is 5.60 Å². The molecule has 0 aromatic carbocycles. The molecule has 0 spiro atoms. The lowest BCUT2D eigenvalue weighted by Gasteiger charge is -2.19. The van der Waals surface area contributed by atoms with Crippen LogP contribution in [0.15, 0.2) is 17.2 Å². The van der Waals surface area contributed by atoms with E-state index in [9.17, 15) is 4.79 Å². The Morgan fingerprint density at radius 1 is 1.42 bits per heavy atom. The summed E-state index contributed by atoms with van der Waals surface area (Å²) in [4.78, 5) is 11.5. The van der Waals surface area contributed by atoms with Crippen LogP contribution in [-0.4, -0.2) is 27.5 Å². The van der Waals surface area contributed by atoms with Gasteiger partial charge in [-0.1, -0.05) is 11.6 Å². The number of esters is 1. The predicted molar refractivity (Wildman–Crippen MR) is 74.2 cm³/mol. The predicted octanol–water partition coefficient (Wildman–Crippen LogP) is 2.65. The van der Waals surface area contributed by atoms with Crippen LogP contribution in [0.25, 0.3) is 0 Å². The van der Waals surface area contributed by atoms with Crippen molar-refractivity contribution in [2.24, 2.45) is 5.10 Å². The second kappa shape index (κ2) is 6.47. The van der Waals surface area contributed by atoms with Crippen molar-refractivity contribution in [3.05, 3.63) is 17.3 Å². The maximum atomic E-state index is 11.5. The van der Waals surface area contributed by atoms with Crippen molar-refractivity contribution >= 4 is 29.1 Å².